The van der Waals surface area contributed by atoms with E-state index in [1.807, 2.05) is 30.3 Å². The molecule has 26 heavy (non-hydrogen) atoms. The van der Waals surface area contributed by atoms with Gasteiger partial charge in [-0.3, -0.25) is 4.79 Å². The van der Waals surface area contributed by atoms with Crippen LogP contribution in [0.2, 0.25) is 10.0 Å². The van der Waals surface area contributed by atoms with Crippen LogP contribution in [0.25, 0.3) is 0 Å². The number of anilines is 1. The smallest absolute Gasteiger partial charge is 0.315 e. The number of rotatable bonds is 7. The summed E-state index contributed by atoms with van der Waals surface area (Å²) in [6.07, 6.45) is 0.901. The standard InChI is InChI=1S/C19H21Cl2N3O2/c1-2-13(14-6-4-3-5-7-14)11-22-19(26)23-12-18(25)24-17-10-15(20)8-9-16(17)21/h3-10,13H,2,11-12H2,1H3,(H,24,25)(H2,22,23,26)/t13-/m0/s1. The van der Waals surface area contributed by atoms with Gasteiger partial charge in [0.15, 0.2) is 0 Å². The van der Waals surface area contributed by atoms with Gasteiger partial charge in [0.2, 0.25) is 5.91 Å². The van der Waals surface area contributed by atoms with Crippen LogP contribution in [0.5, 0.6) is 0 Å². The monoisotopic (exact) mass is 393 g/mol. The Morgan fingerprint density at radius 1 is 1.04 bits per heavy atom. The number of nitrogens with one attached hydrogen (secondary N) is 3. The second-order valence-corrected chi connectivity index (χ2v) is 6.60. The number of amides is 3. The molecule has 0 spiro atoms. The van der Waals surface area contributed by atoms with Gasteiger partial charge in [-0.15, -0.1) is 0 Å². The van der Waals surface area contributed by atoms with E-state index in [1.165, 1.54) is 5.56 Å². The van der Waals surface area contributed by atoms with Crippen molar-refractivity contribution in [3.05, 3.63) is 64.1 Å². The van der Waals surface area contributed by atoms with E-state index in [0.717, 1.165) is 6.42 Å². The van der Waals surface area contributed by atoms with Gasteiger partial charge >= 0.3 is 6.03 Å². The lowest BCUT2D eigenvalue weighted by atomic mass is 9.97. The average Bonchev–Trinajstić information content (AvgIpc) is 2.64. The van der Waals surface area contributed by atoms with E-state index in [4.69, 9.17) is 23.2 Å². The third-order valence-corrected chi connectivity index (χ3v) is 4.45. The highest BCUT2D eigenvalue weighted by atomic mass is 35.5. The number of hydrogen-bond donors (Lipinski definition) is 3. The van der Waals surface area contributed by atoms with Crippen LogP contribution >= 0.6 is 23.2 Å². The molecule has 0 aromatic heterocycles. The second-order valence-electron chi connectivity index (χ2n) is 5.75. The molecule has 138 valence electrons. The summed E-state index contributed by atoms with van der Waals surface area (Å²) in [5.41, 5.74) is 1.57. The molecule has 0 unspecified atom stereocenters. The second kappa shape index (κ2) is 10.0. The number of carbonyl (C=O) groups is 2. The summed E-state index contributed by atoms with van der Waals surface area (Å²) in [6.45, 7) is 2.39. The Bertz CT molecular complexity index is 754. The van der Waals surface area contributed by atoms with E-state index in [2.05, 4.69) is 22.9 Å². The quantitative estimate of drug-likeness (QED) is 0.651. The van der Waals surface area contributed by atoms with Gasteiger partial charge in [0.05, 0.1) is 17.3 Å². The summed E-state index contributed by atoms with van der Waals surface area (Å²) in [7, 11) is 0. The highest BCUT2D eigenvalue weighted by Gasteiger charge is 2.12. The van der Waals surface area contributed by atoms with E-state index in [0.29, 0.717) is 22.3 Å². The minimum atomic E-state index is -0.397. The maximum Gasteiger partial charge on any atom is 0.315 e. The Morgan fingerprint density at radius 2 is 1.77 bits per heavy atom. The zero-order chi connectivity index (χ0) is 18.9. The fraction of sp³-hybridized carbons (Fsp3) is 0.263. The van der Waals surface area contributed by atoms with Gasteiger partial charge in [0.25, 0.3) is 0 Å². The van der Waals surface area contributed by atoms with Crippen molar-refractivity contribution in [3.8, 4) is 0 Å². The molecule has 2 aromatic rings. The highest BCUT2D eigenvalue weighted by Crippen LogP contribution is 2.25. The van der Waals surface area contributed by atoms with E-state index < -0.39 is 6.03 Å². The number of urea groups is 1. The first-order chi connectivity index (χ1) is 12.5. The van der Waals surface area contributed by atoms with Gasteiger partial charge < -0.3 is 16.0 Å². The fourth-order valence-electron chi connectivity index (χ4n) is 2.45. The zero-order valence-corrected chi connectivity index (χ0v) is 15.9. The predicted molar refractivity (Wildman–Crippen MR) is 106 cm³/mol. The fourth-order valence-corrected chi connectivity index (χ4v) is 2.79. The molecule has 0 aliphatic carbocycles. The van der Waals surface area contributed by atoms with Crippen molar-refractivity contribution < 1.29 is 9.59 Å². The SMILES string of the molecule is CC[C@@H](CNC(=O)NCC(=O)Nc1cc(Cl)ccc1Cl)c1ccccc1. The van der Waals surface area contributed by atoms with Gasteiger partial charge in [-0.05, 0) is 30.2 Å². The minimum Gasteiger partial charge on any atom is -0.338 e. The van der Waals surface area contributed by atoms with Crippen LogP contribution in [0.1, 0.15) is 24.8 Å². The summed E-state index contributed by atoms with van der Waals surface area (Å²) >= 11 is 11.9. The summed E-state index contributed by atoms with van der Waals surface area (Å²) in [5.74, 6) is -0.166. The van der Waals surface area contributed by atoms with E-state index in [1.54, 1.807) is 18.2 Å². The van der Waals surface area contributed by atoms with E-state index >= 15 is 0 Å². The van der Waals surface area contributed by atoms with Crippen molar-refractivity contribution in [1.29, 1.82) is 0 Å². The maximum atomic E-state index is 11.9. The van der Waals surface area contributed by atoms with Crippen molar-refractivity contribution >= 4 is 40.8 Å². The molecule has 3 amide bonds. The largest absolute Gasteiger partial charge is 0.338 e. The van der Waals surface area contributed by atoms with Crippen molar-refractivity contribution in [3.63, 3.8) is 0 Å². The molecule has 0 heterocycles. The summed E-state index contributed by atoms with van der Waals surface area (Å²) in [6, 6.07) is 14.4. The molecule has 1 atom stereocenters. The zero-order valence-electron chi connectivity index (χ0n) is 14.4. The molecule has 0 aliphatic rings. The normalized spacial score (nSPS) is 11.5. The molecule has 0 fully saturated rings. The summed E-state index contributed by atoms with van der Waals surface area (Å²) in [5, 5.41) is 8.77. The highest BCUT2D eigenvalue weighted by molar-refractivity contribution is 6.35. The topological polar surface area (TPSA) is 70.2 Å². The van der Waals surface area contributed by atoms with Gasteiger partial charge in [0, 0.05) is 17.5 Å². The van der Waals surface area contributed by atoms with Crippen LogP contribution in [0.3, 0.4) is 0 Å². The first-order valence-corrected chi connectivity index (χ1v) is 9.06. The Labute approximate surface area is 163 Å². The molecule has 0 saturated heterocycles. The third kappa shape index (κ3) is 6.24. The van der Waals surface area contributed by atoms with Crippen molar-refractivity contribution in [2.45, 2.75) is 19.3 Å². The molecule has 0 saturated carbocycles. The first kappa shape index (κ1) is 20.1. The predicted octanol–water partition coefficient (Wildman–Crippen LogP) is 4.42. The van der Waals surface area contributed by atoms with Gasteiger partial charge in [0.1, 0.15) is 0 Å². The Balaban J connectivity index is 1.77. The molecule has 0 aliphatic heterocycles. The number of benzene rings is 2. The molecule has 0 radical (unpaired) electrons. The van der Waals surface area contributed by atoms with Crippen molar-refractivity contribution in [2.75, 3.05) is 18.4 Å². The van der Waals surface area contributed by atoms with Crippen LogP contribution < -0.4 is 16.0 Å². The van der Waals surface area contributed by atoms with E-state index in [9.17, 15) is 9.59 Å². The molecule has 2 rings (SSSR count). The lowest BCUT2D eigenvalue weighted by Crippen LogP contribution is -2.41. The number of halogens is 2. The van der Waals surface area contributed by atoms with Gasteiger partial charge in [-0.2, -0.15) is 0 Å². The van der Waals surface area contributed by atoms with Crippen LogP contribution in [0.15, 0.2) is 48.5 Å². The lowest BCUT2D eigenvalue weighted by molar-refractivity contribution is -0.115. The minimum absolute atomic E-state index is 0.170. The van der Waals surface area contributed by atoms with E-state index in [-0.39, 0.29) is 18.4 Å². The first-order valence-electron chi connectivity index (χ1n) is 8.31. The number of carbonyl (C=O) groups excluding carboxylic acids is 2. The van der Waals surface area contributed by atoms with Crippen molar-refractivity contribution in [1.82, 2.24) is 10.6 Å². The Morgan fingerprint density at radius 3 is 2.46 bits per heavy atom. The molecular formula is C19H21Cl2N3O2. The third-order valence-electron chi connectivity index (χ3n) is 3.88. The van der Waals surface area contributed by atoms with Gasteiger partial charge in [-0.25, -0.2) is 4.79 Å². The maximum absolute atomic E-state index is 11.9. The lowest BCUT2D eigenvalue weighted by Gasteiger charge is -2.16. The Kier molecular flexibility index (Phi) is 7.75. The van der Waals surface area contributed by atoms with Crippen LogP contribution in [-0.2, 0) is 4.79 Å². The van der Waals surface area contributed by atoms with Crippen molar-refractivity contribution in [2.24, 2.45) is 0 Å². The number of hydrogen-bond acceptors (Lipinski definition) is 2. The molecule has 2 aromatic carbocycles. The molecular weight excluding hydrogens is 373 g/mol. The molecule has 7 heteroatoms. The van der Waals surface area contributed by atoms with Crippen LogP contribution in [-0.4, -0.2) is 25.0 Å². The molecule has 5 nitrogen and oxygen atoms in total. The molecule has 3 N–H and O–H groups in total. The van der Waals surface area contributed by atoms with Gasteiger partial charge in [-0.1, -0.05) is 60.5 Å². The van der Waals surface area contributed by atoms with Crippen LogP contribution in [0, 0.1) is 0 Å². The Hall–Kier alpha value is -2.24. The summed E-state index contributed by atoms with van der Waals surface area (Å²) < 4.78 is 0. The average molecular weight is 394 g/mol. The molecule has 0 bridgehead atoms. The summed E-state index contributed by atoms with van der Waals surface area (Å²) in [4.78, 5) is 23.9. The van der Waals surface area contributed by atoms with Crippen LogP contribution in [0.4, 0.5) is 10.5 Å².